The second kappa shape index (κ2) is 4.93. The average Bonchev–Trinajstić information content (AvgIpc) is 3.07. The van der Waals surface area contributed by atoms with Crippen LogP contribution in [0.15, 0.2) is 16.7 Å². The van der Waals surface area contributed by atoms with Crippen molar-refractivity contribution in [3.63, 3.8) is 0 Å². The number of aromatic nitrogens is 4. The van der Waals surface area contributed by atoms with Crippen LogP contribution >= 0.6 is 0 Å². The molecular formula is C12H14N4O3. The van der Waals surface area contributed by atoms with Gasteiger partial charge in [-0.05, 0) is 25.3 Å². The van der Waals surface area contributed by atoms with E-state index < -0.39 is 6.10 Å². The number of nitrogens with zero attached hydrogens (tertiary/aromatic N) is 4. The van der Waals surface area contributed by atoms with Crippen molar-refractivity contribution >= 4 is 0 Å². The van der Waals surface area contributed by atoms with Gasteiger partial charge in [0.1, 0.15) is 5.69 Å². The van der Waals surface area contributed by atoms with Crippen LogP contribution in [0.25, 0.3) is 11.5 Å². The molecule has 2 aromatic rings. The Labute approximate surface area is 109 Å². The number of methoxy groups -OCH3 is 1. The minimum Gasteiger partial charge on any atom is -0.480 e. The first-order chi connectivity index (χ1) is 9.28. The average molecular weight is 262 g/mol. The molecule has 1 fully saturated rings. The lowest BCUT2D eigenvalue weighted by molar-refractivity contribution is 0.148. The van der Waals surface area contributed by atoms with Crippen molar-refractivity contribution in [2.45, 2.75) is 31.3 Å². The number of rotatable bonds is 3. The SMILES string of the molecule is COc1ccc(-c2noc(C3CCCC3O)n2)nn1. The zero-order valence-electron chi connectivity index (χ0n) is 10.5. The first-order valence-corrected chi connectivity index (χ1v) is 6.17. The maximum Gasteiger partial charge on any atom is 0.233 e. The fourth-order valence-corrected chi connectivity index (χ4v) is 2.27. The molecule has 0 spiro atoms. The summed E-state index contributed by atoms with van der Waals surface area (Å²) in [6.45, 7) is 0. The lowest BCUT2D eigenvalue weighted by atomic mass is 10.1. The van der Waals surface area contributed by atoms with Crippen LogP contribution in [0.2, 0.25) is 0 Å². The van der Waals surface area contributed by atoms with Crippen LogP contribution in [0.1, 0.15) is 31.1 Å². The van der Waals surface area contributed by atoms with E-state index in [9.17, 15) is 5.11 Å². The molecule has 2 heterocycles. The summed E-state index contributed by atoms with van der Waals surface area (Å²) in [5.41, 5.74) is 0.517. The first-order valence-electron chi connectivity index (χ1n) is 6.17. The highest BCUT2D eigenvalue weighted by Crippen LogP contribution is 2.34. The summed E-state index contributed by atoms with van der Waals surface area (Å²) in [4.78, 5) is 4.29. The van der Waals surface area contributed by atoms with Gasteiger partial charge < -0.3 is 14.4 Å². The van der Waals surface area contributed by atoms with E-state index in [-0.39, 0.29) is 5.92 Å². The molecule has 1 N–H and O–H groups in total. The molecule has 7 nitrogen and oxygen atoms in total. The van der Waals surface area contributed by atoms with Crippen LogP contribution in [-0.4, -0.2) is 38.7 Å². The molecule has 0 aliphatic heterocycles. The van der Waals surface area contributed by atoms with Crippen molar-refractivity contribution in [3.05, 3.63) is 18.0 Å². The largest absolute Gasteiger partial charge is 0.480 e. The van der Waals surface area contributed by atoms with Crippen LogP contribution in [0.3, 0.4) is 0 Å². The van der Waals surface area contributed by atoms with Gasteiger partial charge in [0.05, 0.1) is 19.1 Å². The predicted octanol–water partition coefficient (Wildman–Crippen LogP) is 1.16. The molecule has 1 aliphatic rings. The Morgan fingerprint density at radius 3 is 2.84 bits per heavy atom. The van der Waals surface area contributed by atoms with Gasteiger partial charge in [-0.3, -0.25) is 0 Å². The maximum absolute atomic E-state index is 9.82. The second-order valence-corrected chi connectivity index (χ2v) is 4.52. The highest BCUT2D eigenvalue weighted by atomic mass is 16.5. The first kappa shape index (κ1) is 12.0. The van der Waals surface area contributed by atoms with Crippen LogP contribution in [0.5, 0.6) is 5.88 Å². The fraction of sp³-hybridized carbons (Fsp3) is 0.500. The van der Waals surface area contributed by atoms with Gasteiger partial charge in [0.2, 0.25) is 17.6 Å². The number of hydrogen-bond donors (Lipinski definition) is 1. The Balaban J connectivity index is 1.83. The van der Waals surface area contributed by atoms with E-state index in [0.29, 0.717) is 23.3 Å². The van der Waals surface area contributed by atoms with E-state index in [1.807, 2.05) is 0 Å². The molecule has 2 atom stereocenters. The Kier molecular flexibility index (Phi) is 3.12. The molecule has 19 heavy (non-hydrogen) atoms. The number of ether oxygens (including phenoxy) is 1. The molecule has 1 aliphatic carbocycles. The Morgan fingerprint density at radius 2 is 2.21 bits per heavy atom. The Morgan fingerprint density at radius 1 is 1.32 bits per heavy atom. The summed E-state index contributed by atoms with van der Waals surface area (Å²) in [5, 5.41) is 21.5. The van der Waals surface area contributed by atoms with Crippen molar-refractivity contribution < 1.29 is 14.4 Å². The number of hydrogen-bond acceptors (Lipinski definition) is 7. The Hall–Kier alpha value is -2.02. The van der Waals surface area contributed by atoms with Crippen molar-refractivity contribution in [2.24, 2.45) is 0 Å². The smallest absolute Gasteiger partial charge is 0.233 e. The van der Waals surface area contributed by atoms with Gasteiger partial charge in [0.15, 0.2) is 0 Å². The molecule has 0 saturated heterocycles. The molecule has 1 saturated carbocycles. The van der Waals surface area contributed by atoms with E-state index in [1.54, 1.807) is 12.1 Å². The van der Waals surface area contributed by atoms with Crippen LogP contribution in [0, 0.1) is 0 Å². The number of aliphatic hydroxyl groups excluding tert-OH is 1. The van der Waals surface area contributed by atoms with Gasteiger partial charge in [-0.15, -0.1) is 10.2 Å². The Bertz CT molecular complexity index is 554. The third-order valence-electron chi connectivity index (χ3n) is 3.32. The normalized spacial score (nSPS) is 22.6. The van der Waals surface area contributed by atoms with Crippen LogP contribution in [0.4, 0.5) is 0 Å². The summed E-state index contributed by atoms with van der Waals surface area (Å²) in [7, 11) is 1.53. The van der Waals surface area contributed by atoms with E-state index in [2.05, 4.69) is 20.3 Å². The molecule has 3 rings (SSSR count). The van der Waals surface area contributed by atoms with Crippen LogP contribution in [-0.2, 0) is 0 Å². The molecule has 0 radical (unpaired) electrons. The highest BCUT2D eigenvalue weighted by molar-refractivity contribution is 5.47. The number of aliphatic hydroxyl groups is 1. The predicted molar refractivity (Wildman–Crippen MR) is 64.5 cm³/mol. The minimum atomic E-state index is -0.393. The van der Waals surface area contributed by atoms with Crippen LogP contribution < -0.4 is 4.74 Å². The van der Waals surface area contributed by atoms with Gasteiger partial charge in [-0.25, -0.2) is 0 Å². The van der Waals surface area contributed by atoms with Gasteiger partial charge in [-0.2, -0.15) is 4.98 Å². The van der Waals surface area contributed by atoms with Crippen molar-refractivity contribution in [1.82, 2.24) is 20.3 Å². The maximum atomic E-state index is 9.82. The molecule has 0 bridgehead atoms. The third-order valence-corrected chi connectivity index (χ3v) is 3.32. The van der Waals surface area contributed by atoms with Gasteiger partial charge in [0.25, 0.3) is 0 Å². The zero-order chi connectivity index (χ0) is 13.2. The van der Waals surface area contributed by atoms with Crippen molar-refractivity contribution in [2.75, 3.05) is 7.11 Å². The molecular weight excluding hydrogens is 248 g/mol. The fourth-order valence-electron chi connectivity index (χ4n) is 2.27. The van der Waals surface area contributed by atoms with Crippen molar-refractivity contribution in [3.8, 4) is 17.4 Å². The molecule has 0 aromatic carbocycles. The standard InChI is InChI=1S/C12H14N4O3/c1-18-10-6-5-8(14-15-10)11-13-12(19-16-11)7-3-2-4-9(7)17/h5-7,9,17H,2-4H2,1H3. The monoisotopic (exact) mass is 262 g/mol. The minimum absolute atomic E-state index is 0.0625. The summed E-state index contributed by atoms with van der Waals surface area (Å²) in [5.74, 6) is 1.22. The molecule has 2 aromatic heterocycles. The van der Waals surface area contributed by atoms with E-state index in [4.69, 9.17) is 9.26 Å². The zero-order valence-corrected chi connectivity index (χ0v) is 10.5. The summed E-state index contributed by atoms with van der Waals surface area (Å²) in [6, 6.07) is 3.40. The van der Waals surface area contributed by atoms with Crippen molar-refractivity contribution in [1.29, 1.82) is 0 Å². The lowest BCUT2D eigenvalue weighted by Gasteiger charge is -2.07. The topological polar surface area (TPSA) is 94.2 Å². The molecule has 2 unspecified atom stereocenters. The van der Waals surface area contributed by atoms with E-state index in [1.165, 1.54) is 7.11 Å². The summed E-state index contributed by atoms with van der Waals surface area (Å²) in [6.07, 6.45) is 2.24. The van der Waals surface area contributed by atoms with E-state index in [0.717, 1.165) is 19.3 Å². The van der Waals surface area contributed by atoms with Gasteiger partial charge >= 0.3 is 0 Å². The molecule has 100 valence electrons. The molecule has 7 heteroatoms. The lowest BCUT2D eigenvalue weighted by Crippen LogP contribution is -2.11. The quantitative estimate of drug-likeness (QED) is 0.886. The van der Waals surface area contributed by atoms with Gasteiger partial charge in [0, 0.05) is 6.07 Å². The summed E-state index contributed by atoms with van der Waals surface area (Å²) < 4.78 is 10.1. The second-order valence-electron chi connectivity index (χ2n) is 4.52. The summed E-state index contributed by atoms with van der Waals surface area (Å²) >= 11 is 0. The molecule has 0 amide bonds. The van der Waals surface area contributed by atoms with E-state index >= 15 is 0 Å². The van der Waals surface area contributed by atoms with Gasteiger partial charge in [-0.1, -0.05) is 5.16 Å². The third kappa shape index (κ3) is 2.28. The highest BCUT2D eigenvalue weighted by Gasteiger charge is 2.31.